The van der Waals surface area contributed by atoms with Gasteiger partial charge in [-0.15, -0.1) is 0 Å². The van der Waals surface area contributed by atoms with Gasteiger partial charge in [0.1, 0.15) is 0 Å². The molecule has 2 amide bonds. The maximum Gasteiger partial charge on any atom is 0.226 e. The van der Waals surface area contributed by atoms with Crippen molar-refractivity contribution in [1.29, 1.82) is 0 Å². The van der Waals surface area contributed by atoms with Gasteiger partial charge < -0.3 is 10.2 Å². The fourth-order valence-electron chi connectivity index (χ4n) is 2.76. The molecule has 0 radical (unpaired) electrons. The molecule has 4 nitrogen and oxygen atoms in total. The van der Waals surface area contributed by atoms with E-state index in [9.17, 15) is 9.59 Å². The largest absolute Gasteiger partial charge is 0.326 e. The highest BCUT2D eigenvalue weighted by atomic mass is 16.2. The summed E-state index contributed by atoms with van der Waals surface area (Å²) in [5, 5.41) is 2.95. The number of rotatable bonds is 7. The van der Waals surface area contributed by atoms with Gasteiger partial charge in [0.2, 0.25) is 11.8 Å². The van der Waals surface area contributed by atoms with Crippen LogP contribution in [-0.2, 0) is 22.4 Å². The first-order valence-electron chi connectivity index (χ1n) is 8.80. The lowest BCUT2D eigenvalue weighted by molar-refractivity contribution is -0.117. The number of aryl methyl sites for hydroxylation is 2. The number of hydrogen-bond acceptors (Lipinski definition) is 2. The zero-order valence-corrected chi connectivity index (χ0v) is 15.2. The fraction of sp³-hybridized carbons (Fsp3) is 0.333. The quantitative estimate of drug-likeness (QED) is 0.823. The Labute approximate surface area is 149 Å². The van der Waals surface area contributed by atoms with Crippen molar-refractivity contribution in [1.82, 2.24) is 0 Å². The number of carbonyl (C=O) groups is 2. The Kier molecular flexibility index (Phi) is 6.75. The zero-order chi connectivity index (χ0) is 18.2. The Bertz CT molecular complexity index is 723. The minimum atomic E-state index is -0.0858. The summed E-state index contributed by atoms with van der Waals surface area (Å²) < 4.78 is 0. The SMILES string of the molecule is CCc1ccc(N(CCC(=O)Nc2ccccc2CC)C(C)=O)cc1. The molecule has 0 atom stereocenters. The van der Waals surface area contributed by atoms with Crippen LogP contribution in [0.2, 0.25) is 0 Å². The lowest BCUT2D eigenvalue weighted by Gasteiger charge is -2.21. The normalized spacial score (nSPS) is 10.4. The van der Waals surface area contributed by atoms with E-state index in [1.54, 1.807) is 4.90 Å². The highest BCUT2D eigenvalue weighted by molar-refractivity contribution is 5.95. The lowest BCUT2D eigenvalue weighted by Crippen LogP contribution is -2.32. The minimum absolute atomic E-state index is 0.0639. The van der Waals surface area contributed by atoms with Crippen molar-refractivity contribution in [3.05, 3.63) is 59.7 Å². The predicted octanol–water partition coefficient (Wildman–Crippen LogP) is 4.19. The zero-order valence-electron chi connectivity index (χ0n) is 15.2. The maximum absolute atomic E-state index is 12.3. The Hall–Kier alpha value is -2.62. The highest BCUT2D eigenvalue weighted by Crippen LogP contribution is 2.18. The van der Waals surface area contributed by atoms with Gasteiger partial charge in [-0.05, 0) is 42.2 Å². The van der Waals surface area contributed by atoms with Crippen LogP contribution in [0.5, 0.6) is 0 Å². The van der Waals surface area contributed by atoms with Crippen molar-refractivity contribution in [2.45, 2.75) is 40.0 Å². The third-order valence-corrected chi connectivity index (χ3v) is 4.27. The van der Waals surface area contributed by atoms with E-state index in [-0.39, 0.29) is 18.2 Å². The molecule has 2 aromatic carbocycles. The van der Waals surface area contributed by atoms with Gasteiger partial charge in [0.25, 0.3) is 0 Å². The molecule has 132 valence electrons. The molecule has 0 aliphatic rings. The molecule has 0 heterocycles. The average molecular weight is 338 g/mol. The van der Waals surface area contributed by atoms with E-state index in [0.717, 1.165) is 29.8 Å². The molecule has 0 saturated heterocycles. The van der Waals surface area contributed by atoms with E-state index in [1.165, 1.54) is 12.5 Å². The average Bonchev–Trinajstić information content (AvgIpc) is 2.62. The molecule has 0 fully saturated rings. The monoisotopic (exact) mass is 338 g/mol. The molecule has 4 heteroatoms. The van der Waals surface area contributed by atoms with Crippen molar-refractivity contribution in [2.75, 3.05) is 16.8 Å². The topological polar surface area (TPSA) is 49.4 Å². The summed E-state index contributed by atoms with van der Waals surface area (Å²) in [7, 11) is 0. The number of para-hydroxylation sites is 1. The summed E-state index contributed by atoms with van der Waals surface area (Å²) in [5.74, 6) is -0.150. The van der Waals surface area contributed by atoms with Gasteiger partial charge in [0, 0.05) is 31.3 Å². The number of nitrogens with one attached hydrogen (secondary N) is 1. The van der Waals surface area contributed by atoms with Gasteiger partial charge in [0.05, 0.1) is 0 Å². The minimum Gasteiger partial charge on any atom is -0.326 e. The summed E-state index contributed by atoms with van der Waals surface area (Å²) in [6.07, 6.45) is 2.08. The first kappa shape index (κ1) is 18.7. The van der Waals surface area contributed by atoms with Gasteiger partial charge in [-0.3, -0.25) is 9.59 Å². The Balaban J connectivity index is 2.00. The number of carbonyl (C=O) groups excluding carboxylic acids is 2. The molecule has 0 saturated carbocycles. The first-order valence-corrected chi connectivity index (χ1v) is 8.80. The van der Waals surface area contributed by atoms with Crippen LogP contribution in [0.4, 0.5) is 11.4 Å². The van der Waals surface area contributed by atoms with E-state index in [2.05, 4.69) is 19.2 Å². The van der Waals surface area contributed by atoms with E-state index in [1.807, 2.05) is 48.5 Å². The standard InChI is InChI=1S/C21H26N2O2/c1-4-17-10-12-19(13-11-17)23(16(3)24)15-14-21(25)22-20-9-7-6-8-18(20)5-2/h6-13H,4-5,14-15H2,1-3H3,(H,22,25). The molecule has 2 aromatic rings. The van der Waals surface area contributed by atoms with Gasteiger partial charge in [-0.2, -0.15) is 0 Å². The third-order valence-electron chi connectivity index (χ3n) is 4.27. The highest BCUT2D eigenvalue weighted by Gasteiger charge is 2.14. The molecule has 0 aliphatic heterocycles. The van der Waals surface area contributed by atoms with Crippen LogP contribution >= 0.6 is 0 Å². The van der Waals surface area contributed by atoms with E-state index >= 15 is 0 Å². The van der Waals surface area contributed by atoms with Crippen LogP contribution < -0.4 is 10.2 Å². The van der Waals surface area contributed by atoms with Gasteiger partial charge in [-0.25, -0.2) is 0 Å². The third kappa shape index (κ3) is 5.18. The van der Waals surface area contributed by atoms with E-state index in [4.69, 9.17) is 0 Å². The molecule has 1 N–H and O–H groups in total. The van der Waals surface area contributed by atoms with E-state index < -0.39 is 0 Å². The summed E-state index contributed by atoms with van der Waals surface area (Å²) in [6.45, 7) is 6.04. The van der Waals surface area contributed by atoms with Crippen LogP contribution in [0.15, 0.2) is 48.5 Å². The molecule has 25 heavy (non-hydrogen) atoms. The molecule has 0 aromatic heterocycles. The number of anilines is 2. The second-order valence-electron chi connectivity index (χ2n) is 6.00. The van der Waals surface area contributed by atoms with Gasteiger partial charge >= 0.3 is 0 Å². The van der Waals surface area contributed by atoms with Gasteiger partial charge in [-0.1, -0.05) is 44.2 Å². The first-order chi connectivity index (χ1) is 12.0. The van der Waals surface area contributed by atoms with E-state index in [0.29, 0.717) is 6.54 Å². The maximum atomic E-state index is 12.3. The number of amides is 2. The number of nitrogens with zero attached hydrogens (tertiary/aromatic N) is 1. The van der Waals surface area contributed by atoms with Crippen LogP contribution in [0, 0.1) is 0 Å². The lowest BCUT2D eigenvalue weighted by atomic mass is 10.1. The fourth-order valence-corrected chi connectivity index (χ4v) is 2.76. The Morgan fingerprint density at radius 2 is 1.64 bits per heavy atom. The van der Waals surface area contributed by atoms with Crippen molar-refractivity contribution >= 4 is 23.2 Å². The van der Waals surface area contributed by atoms with Gasteiger partial charge in [0.15, 0.2) is 0 Å². The Morgan fingerprint density at radius 1 is 0.960 bits per heavy atom. The second kappa shape index (κ2) is 9.02. The van der Waals surface area contributed by atoms with Crippen molar-refractivity contribution < 1.29 is 9.59 Å². The molecular weight excluding hydrogens is 312 g/mol. The molecule has 2 rings (SSSR count). The van der Waals surface area contributed by atoms with Crippen molar-refractivity contribution in [2.24, 2.45) is 0 Å². The van der Waals surface area contributed by atoms with Crippen LogP contribution in [-0.4, -0.2) is 18.4 Å². The number of hydrogen-bond donors (Lipinski definition) is 1. The van der Waals surface area contributed by atoms with Crippen molar-refractivity contribution in [3.63, 3.8) is 0 Å². The molecule has 0 aliphatic carbocycles. The number of benzene rings is 2. The Morgan fingerprint density at radius 3 is 2.24 bits per heavy atom. The van der Waals surface area contributed by atoms with Crippen LogP contribution in [0.1, 0.15) is 38.3 Å². The molecule has 0 bridgehead atoms. The summed E-state index contributed by atoms with van der Waals surface area (Å²) in [4.78, 5) is 25.9. The van der Waals surface area contributed by atoms with Crippen molar-refractivity contribution in [3.8, 4) is 0 Å². The van der Waals surface area contributed by atoms with Crippen LogP contribution in [0.25, 0.3) is 0 Å². The molecule has 0 unspecified atom stereocenters. The summed E-state index contributed by atoms with van der Waals surface area (Å²) in [5.41, 5.74) is 4.00. The smallest absolute Gasteiger partial charge is 0.226 e. The summed E-state index contributed by atoms with van der Waals surface area (Å²) >= 11 is 0. The molecular formula is C21H26N2O2. The second-order valence-corrected chi connectivity index (χ2v) is 6.00. The summed E-state index contributed by atoms with van der Waals surface area (Å²) in [6, 6.07) is 15.7. The molecule has 0 spiro atoms. The predicted molar refractivity (Wildman–Crippen MR) is 103 cm³/mol. The van der Waals surface area contributed by atoms with Crippen LogP contribution in [0.3, 0.4) is 0 Å².